The zero-order chi connectivity index (χ0) is 14.8. The molecule has 0 saturated heterocycles. The third-order valence-electron chi connectivity index (χ3n) is 3.12. The van der Waals surface area contributed by atoms with Gasteiger partial charge in [0.05, 0.1) is 12.7 Å². The smallest absolute Gasteiger partial charge is 0.159 e. The van der Waals surface area contributed by atoms with Crippen molar-refractivity contribution in [3.63, 3.8) is 0 Å². The lowest BCUT2D eigenvalue weighted by molar-refractivity contribution is 0.506. The number of nitrogens with zero attached hydrogens (tertiary/aromatic N) is 2. The van der Waals surface area contributed by atoms with Crippen molar-refractivity contribution >= 4 is 22.6 Å². The van der Waals surface area contributed by atoms with Crippen LogP contribution in [0.15, 0.2) is 54.9 Å². The van der Waals surface area contributed by atoms with Crippen LogP contribution in [0.25, 0.3) is 11.1 Å². The summed E-state index contributed by atoms with van der Waals surface area (Å²) < 4.78 is 29.0. The van der Waals surface area contributed by atoms with Gasteiger partial charge >= 0.3 is 0 Å². The van der Waals surface area contributed by atoms with Crippen molar-refractivity contribution < 1.29 is 8.78 Å². The normalized spacial score (nSPS) is 10.8. The van der Waals surface area contributed by atoms with E-state index in [4.69, 9.17) is 0 Å². The summed E-state index contributed by atoms with van der Waals surface area (Å²) in [5, 5.41) is 4.27. The first-order valence-corrected chi connectivity index (χ1v) is 7.42. The molecule has 21 heavy (non-hydrogen) atoms. The first-order chi connectivity index (χ1) is 10.1. The maximum absolute atomic E-state index is 13.2. The Morgan fingerprint density at radius 1 is 1.00 bits per heavy atom. The SMILES string of the molecule is Fc1ccc(Cn2cc(-c3cccc(I)c3)cn2)cc1F. The lowest BCUT2D eigenvalue weighted by Crippen LogP contribution is -2.00. The minimum atomic E-state index is -0.836. The Balaban J connectivity index is 1.83. The monoisotopic (exact) mass is 396 g/mol. The summed E-state index contributed by atoms with van der Waals surface area (Å²) in [6, 6.07) is 12.0. The summed E-state index contributed by atoms with van der Waals surface area (Å²) in [4.78, 5) is 0. The molecule has 0 aliphatic rings. The molecule has 0 unspecified atom stereocenters. The number of aromatic nitrogens is 2. The van der Waals surface area contributed by atoms with E-state index < -0.39 is 11.6 Å². The largest absolute Gasteiger partial charge is 0.268 e. The molecule has 0 bridgehead atoms. The maximum Gasteiger partial charge on any atom is 0.159 e. The summed E-state index contributed by atoms with van der Waals surface area (Å²) in [6.07, 6.45) is 3.66. The molecule has 3 rings (SSSR count). The number of hydrogen-bond acceptors (Lipinski definition) is 1. The highest BCUT2D eigenvalue weighted by molar-refractivity contribution is 14.1. The van der Waals surface area contributed by atoms with Gasteiger partial charge in [-0.25, -0.2) is 8.78 Å². The fourth-order valence-corrected chi connectivity index (χ4v) is 2.64. The zero-order valence-corrected chi connectivity index (χ0v) is 13.1. The van der Waals surface area contributed by atoms with Crippen molar-refractivity contribution in [2.45, 2.75) is 6.54 Å². The highest BCUT2D eigenvalue weighted by Gasteiger charge is 2.06. The van der Waals surface area contributed by atoms with E-state index in [2.05, 4.69) is 33.8 Å². The van der Waals surface area contributed by atoms with Gasteiger partial charge in [0.25, 0.3) is 0 Å². The lowest BCUT2D eigenvalue weighted by atomic mass is 10.1. The van der Waals surface area contributed by atoms with Gasteiger partial charge in [0.15, 0.2) is 11.6 Å². The Labute approximate surface area is 134 Å². The summed E-state index contributed by atoms with van der Waals surface area (Å²) in [5.41, 5.74) is 2.75. The topological polar surface area (TPSA) is 17.8 Å². The second kappa shape index (κ2) is 5.93. The van der Waals surface area contributed by atoms with E-state index in [1.54, 1.807) is 16.9 Å². The summed E-state index contributed by atoms with van der Waals surface area (Å²) in [6.45, 7) is 0.404. The van der Waals surface area contributed by atoms with Gasteiger partial charge in [-0.05, 0) is 58.0 Å². The third kappa shape index (κ3) is 3.29. The second-order valence-corrected chi connectivity index (χ2v) is 5.93. The van der Waals surface area contributed by atoms with Crippen molar-refractivity contribution in [3.8, 4) is 11.1 Å². The van der Waals surface area contributed by atoms with Gasteiger partial charge in [-0.3, -0.25) is 4.68 Å². The fraction of sp³-hybridized carbons (Fsp3) is 0.0625. The first kappa shape index (κ1) is 14.2. The molecule has 0 aliphatic carbocycles. The van der Waals surface area contributed by atoms with Crippen molar-refractivity contribution in [1.82, 2.24) is 9.78 Å². The van der Waals surface area contributed by atoms with E-state index in [1.165, 1.54) is 6.07 Å². The van der Waals surface area contributed by atoms with Crippen LogP contribution in [0.3, 0.4) is 0 Å². The standard InChI is InChI=1S/C16H11F2IN2/c17-15-5-4-11(6-16(15)18)9-21-10-13(8-20-21)12-2-1-3-14(19)7-12/h1-8,10H,9H2. The molecular weight excluding hydrogens is 385 g/mol. The van der Waals surface area contributed by atoms with Crippen LogP contribution in [-0.2, 0) is 6.54 Å². The number of benzene rings is 2. The van der Waals surface area contributed by atoms with Crippen LogP contribution in [-0.4, -0.2) is 9.78 Å². The maximum atomic E-state index is 13.2. The van der Waals surface area contributed by atoms with Crippen LogP contribution >= 0.6 is 22.6 Å². The van der Waals surface area contributed by atoms with Gasteiger partial charge in [0, 0.05) is 15.3 Å². The molecule has 0 spiro atoms. The Morgan fingerprint density at radius 3 is 2.62 bits per heavy atom. The molecule has 2 nitrogen and oxygen atoms in total. The molecule has 0 radical (unpaired) electrons. The van der Waals surface area contributed by atoms with E-state index in [-0.39, 0.29) is 0 Å². The van der Waals surface area contributed by atoms with Gasteiger partial charge in [-0.2, -0.15) is 5.10 Å². The molecule has 106 valence electrons. The van der Waals surface area contributed by atoms with E-state index in [0.29, 0.717) is 12.1 Å². The van der Waals surface area contributed by atoms with Crippen LogP contribution in [0.4, 0.5) is 8.78 Å². The highest BCUT2D eigenvalue weighted by atomic mass is 127. The van der Waals surface area contributed by atoms with Gasteiger partial charge in [-0.1, -0.05) is 18.2 Å². The average molecular weight is 396 g/mol. The van der Waals surface area contributed by atoms with Gasteiger partial charge in [0.2, 0.25) is 0 Å². The van der Waals surface area contributed by atoms with Gasteiger partial charge < -0.3 is 0 Å². The first-order valence-electron chi connectivity index (χ1n) is 6.34. The Hall–Kier alpha value is -1.76. The average Bonchev–Trinajstić information content (AvgIpc) is 2.91. The van der Waals surface area contributed by atoms with Gasteiger partial charge in [-0.15, -0.1) is 0 Å². The van der Waals surface area contributed by atoms with Crippen molar-refractivity contribution in [3.05, 3.63) is 75.6 Å². The Bertz CT molecular complexity index is 783. The van der Waals surface area contributed by atoms with Crippen LogP contribution in [0.5, 0.6) is 0 Å². The predicted octanol–water partition coefficient (Wildman–Crippen LogP) is 4.48. The molecule has 2 aromatic carbocycles. The van der Waals surface area contributed by atoms with E-state index in [0.717, 1.165) is 20.8 Å². The number of halogens is 3. The molecule has 5 heteroatoms. The molecule has 0 atom stereocenters. The quantitative estimate of drug-likeness (QED) is 0.597. The van der Waals surface area contributed by atoms with E-state index in [1.807, 2.05) is 24.4 Å². The Morgan fingerprint density at radius 2 is 1.86 bits per heavy atom. The van der Waals surface area contributed by atoms with Crippen LogP contribution in [0.2, 0.25) is 0 Å². The van der Waals surface area contributed by atoms with Crippen LogP contribution in [0, 0.1) is 15.2 Å². The molecule has 0 N–H and O–H groups in total. The Kier molecular flexibility index (Phi) is 4.01. The molecular formula is C16H11F2IN2. The molecule has 0 saturated carbocycles. The number of rotatable bonds is 3. The number of hydrogen-bond donors (Lipinski definition) is 0. The predicted molar refractivity (Wildman–Crippen MR) is 85.8 cm³/mol. The molecule has 0 fully saturated rings. The van der Waals surface area contributed by atoms with Crippen molar-refractivity contribution in [2.24, 2.45) is 0 Å². The van der Waals surface area contributed by atoms with E-state index >= 15 is 0 Å². The van der Waals surface area contributed by atoms with Crippen molar-refractivity contribution in [1.29, 1.82) is 0 Å². The molecule has 0 aliphatic heterocycles. The van der Waals surface area contributed by atoms with Crippen LogP contribution in [0.1, 0.15) is 5.56 Å². The molecule has 0 amide bonds. The summed E-state index contributed by atoms with van der Waals surface area (Å²) >= 11 is 2.26. The van der Waals surface area contributed by atoms with Crippen LogP contribution < -0.4 is 0 Å². The van der Waals surface area contributed by atoms with E-state index in [9.17, 15) is 8.78 Å². The molecule has 3 aromatic rings. The molecule has 1 aromatic heterocycles. The summed E-state index contributed by atoms with van der Waals surface area (Å²) in [7, 11) is 0. The lowest BCUT2D eigenvalue weighted by Gasteiger charge is -2.02. The van der Waals surface area contributed by atoms with Gasteiger partial charge in [0.1, 0.15) is 0 Å². The minimum Gasteiger partial charge on any atom is -0.268 e. The highest BCUT2D eigenvalue weighted by Crippen LogP contribution is 2.21. The fourth-order valence-electron chi connectivity index (χ4n) is 2.09. The molecule has 1 heterocycles. The zero-order valence-electron chi connectivity index (χ0n) is 10.9. The summed E-state index contributed by atoms with van der Waals surface area (Å²) in [5.74, 6) is -1.67. The minimum absolute atomic E-state index is 0.404. The van der Waals surface area contributed by atoms with Crippen molar-refractivity contribution in [2.75, 3.05) is 0 Å². The third-order valence-corrected chi connectivity index (χ3v) is 3.79. The second-order valence-electron chi connectivity index (χ2n) is 4.69.